The highest BCUT2D eigenvalue weighted by molar-refractivity contribution is 5.09. The molecule has 0 spiro atoms. The van der Waals surface area contributed by atoms with Crippen molar-refractivity contribution in [3.63, 3.8) is 0 Å². The van der Waals surface area contributed by atoms with Crippen molar-refractivity contribution < 1.29 is 10.2 Å². The van der Waals surface area contributed by atoms with Crippen molar-refractivity contribution in [2.24, 2.45) is 40.4 Å². The van der Waals surface area contributed by atoms with E-state index in [0.717, 1.165) is 36.5 Å². The van der Waals surface area contributed by atoms with Gasteiger partial charge in [-0.05, 0) is 105 Å². The molecule has 4 fully saturated rings. The lowest BCUT2D eigenvalue weighted by Crippen LogP contribution is -2.54. The molecule has 0 bridgehead atoms. The molecule has 23 heavy (non-hydrogen) atoms. The Morgan fingerprint density at radius 3 is 2.30 bits per heavy atom. The van der Waals surface area contributed by atoms with Crippen LogP contribution in [0.4, 0.5) is 0 Å². The topological polar surface area (TPSA) is 40.5 Å². The first-order chi connectivity index (χ1) is 10.9. The third kappa shape index (κ3) is 2.27. The van der Waals surface area contributed by atoms with Crippen LogP contribution in [-0.4, -0.2) is 22.4 Å². The minimum absolute atomic E-state index is 0.0374. The lowest BCUT2D eigenvalue weighted by Gasteiger charge is -2.61. The van der Waals surface area contributed by atoms with Gasteiger partial charge in [-0.25, -0.2) is 0 Å². The molecular formula is C21H36O2. The molecule has 4 aliphatic rings. The molecule has 0 saturated heterocycles. The summed E-state index contributed by atoms with van der Waals surface area (Å²) < 4.78 is 0. The Labute approximate surface area is 142 Å². The predicted octanol–water partition coefficient (Wildman–Crippen LogP) is 4.39. The van der Waals surface area contributed by atoms with Gasteiger partial charge in [-0.3, -0.25) is 0 Å². The Morgan fingerprint density at radius 1 is 0.870 bits per heavy atom. The molecule has 0 radical (unpaired) electrons. The van der Waals surface area contributed by atoms with Gasteiger partial charge in [-0.1, -0.05) is 13.8 Å². The molecule has 2 heteroatoms. The summed E-state index contributed by atoms with van der Waals surface area (Å²) in [5.41, 5.74) is 0.860. The van der Waals surface area contributed by atoms with Crippen molar-refractivity contribution in [1.29, 1.82) is 0 Å². The van der Waals surface area contributed by atoms with Gasteiger partial charge in [0.2, 0.25) is 0 Å². The Morgan fingerprint density at radius 2 is 1.57 bits per heavy atom. The van der Waals surface area contributed by atoms with Crippen LogP contribution in [0.15, 0.2) is 0 Å². The summed E-state index contributed by atoms with van der Waals surface area (Å²) >= 11 is 0. The molecule has 0 aromatic carbocycles. The average molecular weight is 321 g/mol. The second-order valence-electron chi connectivity index (χ2n) is 10.1. The van der Waals surface area contributed by atoms with Crippen molar-refractivity contribution in [1.82, 2.24) is 0 Å². The normalized spacial score (nSPS) is 57.3. The fraction of sp³-hybridized carbons (Fsp3) is 1.00. The average Bonchev–Trinajstić information content (AvgIpc) is 2.85. The van der Waals surface area contributed by atoms with Crippen molar-refractivity contribution in [2.75, 3.05) is 0 Å². The maximum absolute atomic E-state index is 10.3. The Kier molecular flexibility index (Phi) is 3.89. The summed E-state index contributed by atoms with van der Waals surface area (Å²) in [6, 6.07) is 0. The summed E-state index contributed by atoms with van der Waals surface area (Å²) in [4.78, 5) is 0. The standard InChI is InChI=1S/C21H36O2/c1-13(22)17-6-7-18-16-5-4-14-12-15(23)8-10-20(14,2)19(16)9-11-21(17,18)3/h13-19,22-23H,4-12H2,1-3H3/t13-,14+,15+,16-,17-,18+,19-,20-,21-/m0/s1. The molecular weight excluding hydrogens is 284 g/mol. The van der Waals surface area contributed by atoms with Gasteiger partial charge in [-0.2, -0.15) is 0 Å². The van der Waals surface area contributed by atoms with Crippen LogP contribution in [0.3, 0.4) is 0 Å². The fourth-order valence-corrected chi connectivity index (χ4v) is 8.07. The number of fused-ring (bicyclic) bond motifs is 5. The Balaban J connectivity index is 1.60. The highest BCUT2D eigenvalue weighted by Gasteiger charge is 2.60. The van der Waals surface area contributed by atoms with Gasteiger partial charge in [-0.15, -0.1) is 0 Å². The molecule has 2 N–H and O–H groups in total. The predicted molar refractivity (Wildman–Crippen MR) is 92.9 cm³/mol. The highest BCUT2D eigenvalue weighted by atomic mass is 16.3. The fourth-order valence-electron chi connectivity index (χ4n) is 8.07. The van der Waals surface area contributed by atoms with Crippen LogP contribution in [-0.2, 0) is 0 Å². The van der Waals surface area contributed by atoms with Gasteiger partial charge >= 0.3 is 0 Å². The number of hydrogen-bond acceptors (Lipinski definition) is 2. The lowest BCUT2D eigenvalue weighted by molar-refractivity contribution is -0.132. The monoisotopic (exact) mass is 320 g/mol. The summed E-state index contributed by atoms with van der Waals surface area (Å²) in [6.07, 6.45) is 11.1. The maximum Gasteiger partial charge on any atom is 0.0545 e. The zero-order valence-corrected chi connectivity index (χ0v) is 15.3. The third-order valence-corrected chi connectivity index (χ3v) is 9.29. The van der Waals surface area contributed by atoms with E-state index in [1.165, 1.54) is 44.9 Å². The van der Waals surface area contributed by atoms with Crippen molar-refractivity contribution in [3.05, 3.63) is 0 Å². The third-order valence-electron chi connectivity index (χ3n) is 9.29. The summed E-state index contributed by atoms with van der Waals surface area (Å²) in [5.74, 6) is 3.87. The maximum atomic E-state index is 10.3. The van der Waals surface area contributed by atoms with E-state index in [9.17, 15) is 10.2 Å². The van der Waals surface area contributed by atoms with E-state index in [0.29, 0.717) is 16.7 Å². The minimum Gasteiger partial charge on any atom is -0.393 e. The van der Waals surface area contributed by atoms with E-state index in [2.05, 4.69) is 13.8 Å². The van der Waals surface area contributed by atoms with Crippen LogP contribution in [0.1, 0.15) is 78.6 Å². The van der Waals surface area contributed by atoms with E-state index in [1.807, 2.05) is 6.92 Å². The highest BCUT2D eigenvalue weighted by Crippen LogP contribution is 2.67. The summed E-state index contributed by atoms with van der Waals surface area (Å²) in [7, 11) is 0. The van der Waals surface area contributed by atoms with Gasteiger partial charge in [0, 0.05) is 0 Å². The molecule has 0 heterocycles. The Hall–Kier alpha value is -0.0800. The van der Waals surface area contributed by atoms with Crippen LogP contribution in [0.5, 0.6) is 0 Å². The van der Waals surface area contributed by atoms with Crippen molar-refractivity contribution in [3.8, 4) is 0 Å². The van der Waals surface area contributed by atoms with Gasteiger partial charge in [0.15, 0.2) is 0 Å². The second kappa shape index (κ2) is 5.46. The van der Waals surface area contributed by atoms with E-state index < -0.39 is 0 Å². The smallest absolute Gasteiger partial charge is 0.0545 e. The van der Waals surface area contributed by atoms with Gasteiger partial charge in [0.25, 0.3) is 0 Å². The first-order valence-electron chi connectivity index (χ1n) is 10.2. The molecule has 9 atom stereocenters. The van der Waals surface area contributed by atoms with Crippen LogP contribution in [0.2, 0.25) is 0 Å². The molecule has 0 unspecified atom stereocenters. The van der Waals surface area contributed by atoms with Gasteiger partial charge in [0.05, 0.1) is 12.2 Å². The van der Waals surface area contributed by atoms with Gasteiger partial charge < -0.3 is 10.2 Å². The molecule has 4 aliphatic carbocycles. The lowest BCUT2D eigenvalue weighted by atomic mass is 9.44. The first kappa shape index (κ1) is 16.4. The first-order valence-corrected chi connectivity index (χ1v) is 10.2. The van der Waals surface area contributed by atoms with Crippen LogP contribution < -0.4 is 0 Å². The van der Waals surface area contributed by atoms with E-state index >= 15 is 0 Å². The van der Waals surface area contributed by atoms with E-state index in [-0.39, 0.29) is 12.2 Å². The van der Waals surface area contributed by atoms with E-state index in [4.69, 9.17) is 0 Å². The number of aliphatic hydroxyl groups excluding tert-OH is 2. The largest absolute Gasteiger partial charge is 0.393 e. The molecule has 0 amide bonds. The van der Waals surface area contributed by atoms with Crippen LogP contribution >= 0.6 is 0 Å². The molecule has 4 rings (SSSR count). The minimum atomic E-state index is -0.140. The quantitative estimate of drug-likeness (QED) is 0.752. The summed E-state index contributed by atoms with van der Waals surface area (Å²) in [6.45, 7) is 7.08. The van der Waals surface area contributed by atoms with Crippen molar-refractivity contribution >= 4 is 0 Å². The van der Waals surface area contributed by atoms with Gasteiger partial charge in [0.1, 0.15) is 0 Å². The molecule has 4 saturated carbocycles. The molecule has 0 aliphatic heterocycles. The molecule has 132 valence electrons. The zero-order valence-electron chi connectivity index (χ0n) is 15.3. The molecule has 0 aromatic rings. The van der Waals surface area contributed by atoms with Crippen LogP contribution in [0.25, 0.3) is 0 Å². The zero-order chi connectivity index (χ0) is 16.4. The SMILES string of the molecule is C[C@H](O)[C@@H]1CC[C@@H]2[C@@H]3CC[C@@H]4C[C@H](O)CC[C@]4(C)[C@H]3CC[C@]21C. The van der Waals surface area contributed by atoms with E-state index in [1.54, 1.807) is 0 Å². The summed E-state index contributed by atoms with van der Waals surface area (Å²) in [5, 5.41) is 20.4. The second-order valence-corrected chi connectivity index (χ2v) is 10.1. The molecule has 0 aromatic heterocycles. The number of hydrogen-bond donors (Lipinski definition) is 2. The number of rotatable bonds is 1. The Bertz CT molecular complexity index is 461. The van der Waals surface area contributed by atoms with Crippen molar-refractivity contribution in [2.45, 2.75) is 90.8 Å². The van der Waals surface area contributed by atoms with Crippen LogP contribution in [0, 0.1) is 40.4 Å². The molecule has 2 nitrogen and oxygen atoms in total. The number of aliphatic hydroxyl groups is 2.